The van der Waals surface area contributed by atoms with Crippen molar-refractivity contribution in [2.75, 3.05) is 24.7 Å². The van der Waals surface area contributed by atoms with Crippen LogP contribution < -0.4 is 14.4 Å². The van der Waals surface area contributed by atoms with E-state index in [0.717, 1.165) is 53.4 Å². The Balaban J connectivity index is 2.13. The molecule has 0 bridgehead atoms. The maximum Gasteiger partial charge on any atom is 0.163 e. The normalized spacial score (nSPS) is 11.8. The van der Waals surface area contributed by atoms with Gasteiger partial charge in [-0.15, -0.1) is 0 Å². The summed E-state index contributed by atoms with van der Waals surface area (Å²) in [5.74, 6) is 1.00. The third-order valence-corrected chi connectivity index (χ3v) is 6.87. The molecule has 1 aliphatic rings. The lowest BCUT2D eigenvalue weighted by Gasteiger charge is -2.35. The molecule has 0 fully saturated rings. The molecule has 0 amide bonds. The van der Waals surface area contributed by atoms with Crippen molar-refractivity contribution in [3.63, 3.8) is 0 Å². The van der Waals surface area contributed by atoms with Gasteiger partial charge in [-0.05, 0) is 31.9 Å². The standard InChI is InChI=1S/C27H33N3O2S/c1-4-7-9-10-13-17-32-26-21(19-29)20(18-28)25(31-6-3)24-27(26)33-23-15-12-11-14-22(23)30(24)16-8-5-2/h11-12,14-15H,4-10,13,16-17H2,1-3H3. The molecule has 0 saturated carbocycles. The van der Waals surface area contributed by atoms with Gasteiger partial charge in [-0.25, -0.2) is 0 Å². The minimum absolute atomic E-state index is 0.264. The van der Waals surface area contributed by atoms with Crippen molar-refractivity contribution in [3.8, 4) is 23.6 Å². The van der Waals surface area contributed by atoms with Crippen molar-refractivity contribution >= 4 is 23.1 Å². The van der Waals surface area contributed by atoms with Gasteiger partial charge in [0.15, 0.2) is 11.5 Å². The summed E-state index contributed by atoms with van der Waals surface area (Å²) < 4.78 is 12.3. The van der Waals surface area contributed by atoms with Gasteiger partial charge in [-0.3, -0.25) is 0 Å². The fourth-order valence-electron chi connectivity index (χ4n) is 4.07. The van der Waals surface area contributed by atoms with Crippen LogP contribution in [0.3, 0.4) is 0 Å². The van der Waals surface area contributed by atoms with Crippen molar-refractivity contribution < 1.29 is 9.47 Å². The van der Waals surface area contributed by atoms with Crippen molar-refractivity contribution in [2.45, 2.75) is 75.5 Å². The molecule has 6 heteroatoms. The average molecular weight is 464 g/mol. The van der Waals surface area contributed by atoms with Crippen LogP contribution in [-0.2, 0) is 0 Å². The molecule has 1 aliphatic heterocycles. The van der Waals surface area contributed by atoms with Crippen molar-refractivity contribution in [3.05, 3.63) is 35.4 Å². The predicted molar refractivity (Wildman–Crippen MR) is 134 cm³/mol. The van der Waals surface area contributed by atoms with Gasteiger partial charge in [0.2, 0.25) is 0 Å². The summed E-state index contributed by atoms with van der Waals surface area (Å²) in [4.78, 5) is 4.23. The minimum Gasteiger partial charge on any atom is -0.491 e. The fraction of sp³-hybridized carbons (Fsp3) is 0.481. The number of nitriles is 2. The van der Waals surface area contributed by atoms with Gasteiger partial charge in [0, 0.05) is 11.4 Å². The van der Waals surface area contributed by atoms with Crippen LogP contribution in [0.5, 0.6) is 11.5 Å². The zero-order valence-corrected chi connectivity index (χ0v) is 20.8. The molecule has 0 aliphatic carbocycles. The van der Waals surface area contributed by atoms with Crippen LogP contribution in [-0.4, -0.2) is 19.8 Å². The number of unbranched alkanes of at least 4 members (excludes halogenated alkanes) is 5. The molecule has 0 unspecified atom stereocenters. The number of fused-ring (bicyclic) bond motifs is 2. The lowest BCUT2D eigenvalue weighted by atomic mass is 10.0. The number of anilines is 2. The number of rotatable bonds is 12. The molecule has 0 aromatic heterocycles. The van der Waals surface area contributed by atoms with E-state index in [9.17, 15) is 10.5 Å². The SMILES string of the molecule is CCCCCCCOc1c(C#N)c(C#N)c(OCC)c2c1Sc1ccccc1N2CCCC. The predicted octanol–water partition coefficient (Wildman–Crippen LogP) is 7.58. The molecule has 0 atom stereocenters. The third-order valence-electron chi connectivity index (χ3n) is 5.72. The highest BCUT2D eigenvalue weighted by Crippen LogP contribution is 2.57. The smallest absolute Gasteiger partial charge is 0.163 e. The Morgan fingerprint density at radius 2 is 1.55 bits per heavy atom. The van der Waals surface area contributed by atoms with Gasteiger partial charge >= 0.3 is 0 Å². The molecule has 0 N–H and O–H groups in total. The maximum atomic E-state index is 10.0. The van der Waals surface area contributed by atoms with E-state index in [-0.39, 0.29) is 11.1 Å². The van der Waals surface area contributed by atoms with Gasteiger partial charge in [0.1, 0.15) is 29.0 Å². The zero-order valence-electron chi connectivity index (χ0n) is 19.9. The molecule has 2 aromatic rings. The second-order valence-corrected chi connectivity index (χ2v) is 9.13. The van der Waals surface area contributed by atoms with Crippen LogP contribution in [0.4, 0.5) is 11.4 Å². The lowest BCUT2D eigenvalue weighted by Crippen LogP contribution is -2.24. The topological polar surface area (TPSA) is 69.3 Å². The van der Waals surface area contributed by atoms with E-state index in [1.165, 1.54) is 19.3 Å². The number of benzene rings is 2. The first-order valence-electron chi connectivity index (χ1n) is 12.1. The van der Waals surface area contributed by atoms with Gasteiger partial charge in [0.05, 0.1) is 23.8 Å². The van der Waals surface area contributed by atoms with Crippen LogP contribution in [0.1, 0.15) is 76.8 Å². The lowest BCUT2D eigenvalue weighted by molar-refractivity contribution is 0.294. The van der Waals surface area contributed by atoms with Gasteiger partial charge < -0.3 is 14.4 Å². The summed E-state index contributed by atoms with van der Waals surface area (Å²) in [7, 11) is 0. The molecule has 33 heavy (non-hydrogen) atoms. The second kappa shape index (κ2) is 12.4. The van der Waals surface area contributed by atoms with Crippen LogP contribution in [0.2, 0.25) is 0 Å². The minimum atomic E-state index is 0.264. The van der Waals surface area contributed by atoms with Crippen LogP contribution in [0.25, 0.3) is 0 Å². The number of hydrogen-bond acceptors (Lipinski definition) is 6. The molecular weight excluding hydrogens is 430 g/mol. The summed E-state index contributed by atoms with van der Waals surface area (Å²) >= 11 is 1.60. The molecule has 0 spiro atoms. The van der Waals surface area contributed by atoms with E-state index >= 15 is 0 Å². The summed E-state index contributed by atoms with van der Waals surface area (Å²) in [5, 5.41) is 20.1. The van der Waals surface area contributed by atoms with E-state index in [1.54, 1.807) is 11.8 Å². The first kappa shape index (κ1) is 24.8. The molecule has 0 radical (unpaired) electrons. The van der Waals surface area contributed by atoms with Crippen LogP contribution in [0.15, 0.2) is 34.1 Å². The highest BCUT2D eigenvalue weighted by Gasteiger charge is 2.34. The Hall–Kier alpha value is -2.83. The summed E-state index contributed by atoms with van der Waals surface area (Å²) in [6.07, 6.45) is 7.67. The maximum absolute atomic E-state index is 10.0. The van der Waals surface area contributed by atoms with Gasteiger partial charge in [-0.2, -0.15) is 10.5 Å². The molecule has 0 saturated heterocycles. The molecule has 5 nitrogen and oxygen atoms in total. The van der Waals surface area contributed by atoms with E-state index in [0.29, 0.717) is 24.7 Å². The van der Waals surface area contributed by atoms with E-state index < -0.39 is 0 Å². The van der Waals surface area contributed by atoms with Crippen molar-refractivity contribution in [1.29, 1.82) is 10.5 Å². The largest absolute Gasteiger partial charge is 0.491 e. The molecule has 1 heterocycles. The average Bonchev–Trinajstić information content (AvgIpc) is 2.84. The first-order chi connectivity index (χ1) is 16.2. The Labute approximate surface area is 202 Å². The monoisotopic (exact) mass is 463 g/mol. The Morgan fingerprint density at radius 3 is 2.24 bits per heavy atom. The summed E-state index contributed by atoms with van der Waals surface area (Å²) in [5.41, 5.74) is 2.49. The first-order valence-corrected chi connectivity index (χ1v) is 12.9. The van der Waals surface area contributed by atoms with Gasteiger partial charge in [0.25, 0.3) is 0 Å². The highest BCUT2D eigenvalue weighted by atomic mass is 32.2. The van der Waals surface area contributed by atoms with E-state index in [4.69, 9.17) is 9.47 Å². The molecule has 174 valence electrons. The summed E-state index contributed by atoms with van der Waals surface area (Å²) in [6, 6.07) is 12.8. The van der Waals surface area contributed by atoms with E-state index in [1.807, 2.05) is 19.1 Å². The number of hydrogen-bond donors (Lipinski definition) is 0. The zero-order chi connectivity index (χ0) is 23.6. The van der Waals surface area contributed by atoms with Crippen molar-refractivity contribution in [1.82, 2.24) is 0 Å². The molecular formula is C27H33N3O2S. The summed E-state index contributed by atoms with van der Waals surface area (Å²) in [6.45, 7) is 8.01. The Kier molecular flexibility index (Phi) is 9.34. The number of ether oxygens (including phenoxy) is 2. The van der Waals surface area contributed by atoms with Crippen LogP contribution in [0, 0.1) is 22.7 Å². The Morgan fingerprint density at radius 1 is 0.848 bits per heavy atom. The quantitative estimate of drug-likeness (QED) is 0.302. The van der Waals surface area contributed by atoms with Gasteiger partial charge in [-0.1, -0.05) is 69.8 Å². The van der Waals surface area contributed by atoms with Crippen molar-refractivity contribution in [2.24, 2.45) is 0 Å². The van der Waals surface area contributed by atoms with E-state index in [2.05, 4.69) is 43.0 Å². The highest BCUT2D eigenvalue weighted by molar-refractivity contribution is 7.99. The third kappa shape index (κ3) is 5.40. The number of nitrogens with zero attached hydrogens (tertiary/aromatic N) is 3. The molecule has 2 aromatic carbocycles. The number of para-hydroxylation sites is 1. The fourth-order valence-corrected chi connectivity index (χ4v) is 5.27. The van der Waals surface area contributed by atoms with Crippen LogP contribution >= 0.6 is 11.8 Å². The Bertz CT molecular complexity index is 1040. The second-order valence-electron chi connectivity index (χ2n) is 8.08. The molecule has 3 rings (SSSR count).